The molecule has 0 spiro atoms. The number of carboxylic acid groups (broad SMARTS) is 1. The second kappa shape index (κ2) is 5.45. The highest BCUT2D eigenvalue weighted by molar-refractivity contribution is 5.96. The highest BCUT2D eigenvalue weighted by Gasteiger charge is 2.16. The third-order valence-electron chi connectivity index (χ3n) is 2.59. The average molecular weight is 237 g/mol. The topological polar surface area (TPSA) is 86.6 Å². The van der Waals surface area contributed by atoms with Crippen molar-refractivity contribution in [3.05, 3.63) is 34.9 Å². The molecule has 92 valence electrons. The highest BCUT2D eigenvalue weighted by atomic mass is 16.4. The zero-order valence-electron chi connectivity index (χ0n) is 9.73. The summed E-state index contributed by atoms with van der Waals surface area (Å²) in [5.41, 5.74) is 2.31. The lowest BCUT2D eigenvalue weighted by atomic mass is 10.0. The second-order valence-corrected chi connectivity index (χ2v) is 3.81. The first kappa shape index (κ1) is 13.2. The van der Waals surface area contributed by atoms with Crippen molar-refractivity contribution in [2.24, 2.45) is 0 Å². The van der Waals surface area contributed by atoms with Crippen molar-refractivity contribution >= 4 is 11.9 Å². The van der Waals surface area contributed by atoms with E-state index in [1.165, 1.54) is 0 Å². The first-order chi connectivity index (χ1) is 7.93. The molecule has 0 radical (unpaired) electrons. The second-order valence-electron chi connectivity index (χ2n) is 3.81. The zero-order valence-corrected chi connectivity index (χ0v) is 9.73. The van der Waals surface area contributed by atoms with E-state index in [4.69, 9.17) is 10.2 Å². The lowest BCUT2D eigenvalue weighted by Crippen LogP contribution is -2.36. The van der Waals surface area contributed by atoms with Gasteiger partial charge in [0.25, 0.3) is 5.91 Å². The van der Waals surface area contributed by atoms with Gasteiger partial charge in [-0.25, -0.2) is 4.79 Å². The van der Waals surface area contributed by atoms with Gasteiger partial charge in [-0.3, -0.25) is 4.79 Å². The smallest absolute Gasteiger partial charge is 0.334 e. The summed E-state index contributed by atoms with van der Waals surface area (Å²) in [5, 5.41) is 19.9. The van der Waals surface area contributed by atoms with E-state index in [2.05, 4.69) is 5.32 Å². The zero-order chi connectivity index (χ0) is 13.0. The molecule has 1 aromatic carbocycles. The van der Waals surface area contributed by atoms with Crippen molar-refractivity contribution in [3.63, 3.8) is 0 Å². The van der Waals surface area contributed by atoms with Crippen LogP contribution < -0.4 is 5.32 Å². The van der Waals surface area contributed by atoms with Crippen LogP contribution in [0.25, 0.3) is 0 Å². The Labute approximate surface area is 99.1 Å². The van der Waals surface area contributed by atoms with Crippen LogP contribution >= 0.6 is 0 Å². The SMILES string of the molecule is Cc1cccc(C(=O)NC[C@H](O)C(=O)O)c1C. The fourth-order valence-corrected chi connectivity index (χ4v) is 1.37. The molecule has 0 fully saturated rings. The molecule has 0 aromatic heterocycles. The quantitative estimate of drug-likeness (QED) is 0.710. The van der Waals surface area contributed by atoms with Crippen LogP contribution in [0.15, 0.2) is 18.2 Å². The Balaban J connectivity index is 2.71. The summed E-state index contributed by atoms with van der Waals surface area (Å²) >= 11 is 0. The number of aliphatic carboxylic acids is 1. The highest BCUT2D eigenvalue weighted by Crippen LogP contribution is 2.12. The Hall–Kier alpha value is -1.88. The van der Waals surface area contributed by atoms with E-state index in [1.54, 1.807) is 12.1 Å². The Bertz CT molecular complexity index is 442. The maximum Gasteiger partial charge on any atom is 0.334 e. The standard InChI is InChI=1S/C12H15NO4/c1-7-4-3-5-9(8(7)2)11(15)13-6-10(14)12(16)17/h3-5,10,14H,6H2,1-2H3,(H,13,15)(H,16,17)/t10-/m0/s1. The maximum absolute atomic E-state index is 11.7. The molecule has 0 aliphatic carbocycles. The van der Waals surface area contributed by atoms with E-state index in [1.807, 2.05) is 19.9 Å². The molecule has 5 heteroatoms. The van der Waals surface area contributed by atoms with Crippen molar-refractivity contribution in [1.82, 2.24) is 5.32 Å². The van der Waals surface area contributed by atoms with Gasteiger partial charge >= 0.3 is 5.97 Å². The number of rotatable bonds is 4. The molecular weight excluding hydrogens is 222 g/mol. The minimum absolute atomic E-state index is 0.304. The molecule has 0 saturated carbocycles. The molecule has 17 heavy (non-hydrogen) atoms. The fraction of sp³-hybridized carbons (Fsp3) is 0.333. The molecule has 0 aliphatic heterocycles. The normalized spacial score (nSPS) is 11.9. The van der Waals surface area contributed by atoms with E-state index in [-0.39, 0.29) is 12.5 Å². The van der Waals surface area contributed by atoms with Crippen LogP contribution in [0.5, 0.6) is 0 Å². The van der Waals surface area contributed by atoms with Crippen molar-refractivity contribution < 1.29 is 19.8 Å². The lowest BCUT2D eigenvalue weighted by Gasteiger charge is -2.10. The molecule has 3 N–H and O–H groups in total. The molecule has 0 unspecified atom stereocenters. The van der Waals surface area contributed by atoms with Crippen LogP contribution in [-0.2, 0) is 4.79 Å². The van der Waals surface area contributed by atoms with Crippen LogP contribution in [0.2, 0.25) is 0 Å². The van der Waals surface area contributed by atoms with Crippen LogP contribution in [0.1, 0.15) is 21.5 Å². The Morgan fingerprint density at radius 2 is 2.00 bits per heavy atom. The predicted molar refractivity (Wildman–Crippen MR) is 61.9 cm³/mol. The summed E-state index contributed by atoms with van der Waals surface area (Å²) in [6.45, 7) is 3.40. The largest absolute Gasteiger partial charge is 0.479 e. The van der Waals surface area contributed by atoms with Gasteiger partial charge in [-0.05, 0) is 31.0 Å². The Morgan fingerprint density at radius 3 is 2.59 bits per heavy atom. The number of aryl methyl sites for hydroxylation is 1. The number of aliphatic hydroxyl groups is 1. The average Bonchev–Trinajstić information content (AvgIpc) is 2.29. The van der Waals surface area contributed by atoms with Crippen molar-refractivity contribution in [2.75, 3.05) is 6.54 Å². The molecule has 1 amide bonds. The summed E-state index contributed by atoms with van der Waals surface area (Å²) in [6.07, 6.45) is -1.58. The molecule has 5 nitrogen and oxygen atoms in total. The summed E-state index contributed by atoms with van der Waals surface area (Å²) in [7, 11) is 0. The van der Waals surface area contributed by atoms with E-state index >= 15 is 0 Å². The van der Waals surface area contributed by atoms with Crippen LogP contribution in [0.3, 0.4) is 0 Å². The number of benzene rings is 1. The monoisotopic (exact) mass is 237 g/mol. The number of carboxylic acids is 1. The van der Waals surface area contributed by atoms with Gasteiger partial charge < -0.3 is 15.5 Å². The Kier molecular flexibility index (Phi) is 4.23. The summed E-state index contributed by atoms with van der Waals surface area (Å²) < 4.78 is 0. The molecule has 1 atom stereocenters. The summed E-state index contributed by atoms with van der Waals surface area (Å²) in [4.78, 5) is 22.1. The number of carbonyl (C=O) groups excluding carboxylic acids is 1. The van der Waals surface area contributed by atoms with Gasteiger partial charge in [0.15, 0.2) is 6.10 Å². The molecule has 1 aromatic rings. The third-order valence-corrected chi connectivity index (χ3v) is 2.59. The van der Waals surface area contributed by atoms with Crippen molar-refractivity contribution in [3.8, 4) is 0 Å². The van der Waals surface area contributed by atoms with E-state index < -0.39 is 12.1 Å². The van der Waals surface area contributed by atoms with Gasteiger partial charge in [-0.15, -0.1) is 0 Å². The van der Waals surface area contributed by atoms with E-state index in [0.717, 1.165) is 11.1 Å². The number of hydrogen-bond donors (Lipinski definition) is 3. The Morgan fingerprint density at radius 1 is 1.35 bits per heavy atom. The molecule has 1 rings (SSSR count). The van der Waals surface area contributed by atoms with Gasteiger partial charge in [-0.1, -0.05) is 12.1 Å². The van der Waals surface area contributed by atoms with Gasteiger partial charge in [0, 0.05) is 5.56 Å². The minimum atomic E-state index is -1.58. The first-order valence-electron chi connectivity index (χ1n) is 5.18. The number of nitrogens with one attached hydrogen (secondary N) is 1. The lowest BCUT2D eigenvalue weighted by molar-refractivity contribution is -0.146. The van der Waals surface area contributed by atoms with Crippen LogP contribution in [0.4, 0.5) is 0 Å². The molecule has 0 aliphatic rings. The number of amides is 1. The predicted octanol–water partition coefficient (Wildman–Crippen LogP) is 0.479. The van der Waals surface area contributed by atoms with Crippen molar-refractivity contribution in [2.45, 2.75) is 20.0 Å². The van der Waals surface area contributed by atoms with Gasteiger partial charge in [0.2, 0.25) is 0 Å². The van der Waals surface area contributed by atoms with E-state index in [0.29, 0.717) is 5.56 Å². The van der Waals surface area contributed by atoms with Crippen molar-refractivity contribution in [1.29, 1.82) is 0 Å². The van der Waals surface area contributed by atoms with Gasteiger partial charge in [-0.2, -0.15) is 0 Å². The van der Waals surface area contributed by atoms with Crippen LogP contribution in [0, 0.1) is 13.8 Å². The molecule has 0 heterocycles. The maximum atomic E-state index is 11.7. The molecule has 0 saturated heterocycles. The molecular formula is C12H15NO4. The molecule has 0 bridgehead atoms. The van der Waals surface area contributed by atoms with Gasteiger partial charge in [0.1, 0.15) is 0 Å². The summed E-state index contributed by atoms with van der Waals surface area (Å²) in [5.74, 6) is -1.74. The fourth-order valence-electron chi connectivity index (χ4n) is 1.37. The number of hydrogen-bond acceptors (Lipinski definition) is 3. The van der Waals surface area contributed by atoms with Crippen LogP contribution in [-0.4, -0.2) is 34.7 Å². The minimum Gasteiger partial charge on any atom is -0.479 e. The van der Waals surface area contributed by atoms with Gasteiger partial charge in [0.05, 0.1) is 6.54 Å². The van der Waals surface area contributed by atoms with E-state index in [9.17, 15) is 9.59 Å². The first-order valence-corrected chi connectivity index (χ1v) is 5.18. The third kappa shape index (κ3) is 3.29. The number of carbonyl (C=O) groups is 2. The summed E-state index contributed by atoms with van der Waals surface area (Å²) in [6, 6.07) is 5.30. The number of aliphatic hydroxyl groups excluding tert-OH is 1.